The minimum atomic E-state index is -3.62. The van der Waals surface area contributed by atoms with Crippen LogP contribution in [0.4, 0.5) is 5.69 Å². The summed E-state index contributed by atoms with van der Waals surface area (Å²) in [7, 11) is -1.64. The quantitative estimate of drug-likeness (QED) is 0.855. The number of sulfonamides is 1. The Bertz CT molecular complexity index is 974. The van der Waals surface area contributed by atoms with Crippen LogP contribution in [0, 0.1) is 20.8 Å². The van der Waals surface area contributed by atoms with Crippen molar-refractivity contribution in [1.29, 1.82) is 0 Å². The van der Waals surface area contributed by atoms with Crippen LogP contribution in [-0.2, 0) is 10.0 Å². The van der Waals surface area contributed by atoms with Gasteiger partial charge in [0.05, 0.1) is 4.90 Å². The summed E-state index contributed by atoms with van der Waals surface area (Å²) < 4.78 is 27.5. The maximum Gasteiger partial charge on any atom is 0.255 e. The monoisotopic (exact) mass is 401 g/mol. The first-order chi connectivity index (χ1) is 13.2. The lowest BCUT2D eigenvalue weighted by Gasteiger charge is -2.31. The highest BCUT2D eigenvalue weighted by Gasteiger charge is 2.28. The molecule has 1 fully saturated rings. The van der Waals surface area contributed by atoms with Crippen LogP contribution in [0.25, 0.3) is 0 Å². The second kappa shape index (κ2) is 8.03. The smallest absolute Gasteiger partial charge is 0.255 e. The Labute approximate surface area is 167 Å². The first-order valence-electron chi connectivity index (χ1n) is 9.36. The van der Waals surface area contributed by atoms with Crippen LogP contribution < -0.4 is 5.32 Å². The summed E-state index contributed by atoms with van der Waals surface area (Å²) in [6, 6.07) is 10.6. The van der Waals surface area contributed by atoms with Gasteiger partial charge in [-0.3, -0.25) is 4.79 Å². The third-order valence-electron chi connectivity index (χ3n) is 5.03. The van der Waals surface area contributed by atoms with Gasteiger partial charge in [0.2, 0.25) is 10.0 Å². The number of likely N-dealkylation sites (N-methyl/N-ethyl adjacent to an activating group) is 1. The average Bonchev–Trinajstić information content (AvgIpc) is 2.61. The molecule has 2 aromatic rings. The molecule has 1 aliphatic rings. The van der Waals surface area contributed by atoms with Crippen LogP contribution >= 0.6 is 0 Å². The van der Waals surface area contributed by atoms with Crippen molar-refractivity contribution < 1.29 is 13.2 Å². The second-order valence-electron chi connectivity index (χ2n) is 7.51. The fourth-order valence-corrected chi connectivity index (χ4v) is 4.88. The first-order valence-corrected chi connectivity index (χ1v) is 10.8. The number of carbonyl (C=O) groups excluding carboxylic acids is 1. The topological polar surface area (TPSA) is 69.7 Å². The normalized spacial score (nSPS) is 16.1. The summed E-state index contributed by atoms with van der Waals surface area (Å²) in [6.07, 6.45) is 0. The van der Waals surface area contributed by atoms with Crippen LogP contribution in [0.5, 0.6) is 0 Å². The maximum absolute atomic E-state index is 13.0. The van der Waals surface area contributed by atoms with E-state index in [1.54, 1.807) is 12.1 Å². The number of carbonyl (C=O) groups is 1. The predicted octanol–water partition coefficient (Wildman–Crippen LogP) is 2.80. The van der Waals surface area contributed by atoms with Gasteiger partial charge in [-0.2, -0.15) is 4.31 Å². The molecule has 0 saturated carbocycles. The molecule has 1 saturated heterocycles. The lowest BCUT2D eigenvalue weighted by molar-refractivity contribution is 0.102. The number of nitrogens with zero attached hydrogens (tertiary/aromatic N) is 2. The molecule has 7 heteroatoms. The van der Waals surface area contributed by atoms with Gasteiger partial charge in [0.15, 0.2) is 0 Å². The van der Waals surface area contributed by atoms with E-state index in [1.165, 1.54) is 10.4 Å². The van der Waals surface area contributed by atoms with Gasteiger partial charge in [-0.1, -0.05) is 12.1 Å². The van der Waals surface area contributed by atoms with Crippen molar-refractivity contribution in [3.8, 4) is 0 Å². The minimum absolute atomic E-state index is 0.160. The van der Waals surface area contributed by atoms with E-state index in [0.717, 1.165) is 16.7 Å². The van der Waals surface area contributed by atoms with Crippen LogP contribution in [0.3, 0.4) is 0 Å². The maximum atomic E-state index is 13.0. The van der Waals surface area contributed by atoms with Crippen LogP contribution in [-0.4, -0.2) is 56.8 Å². The number of hydrogen-bond acceptors (Lipinski definition) is 4. The highest BCUT2D eigenvalue weighted by atomic mass is 32.2. The molecule has 150 valence electrons. The molecule has 1 amide bonds. The number of nitrogens with one attached hydrogen (secondary N) is 1. The van der Waals surface area contributed by atoms with E-state index in [4.69, 9.17) is 0 Å². The molecule has 1 N–H and O–H groups in total. The van der Waals surface area contributed by atoms with Gasteiger partial charge in [-0.25, -0.2) is 8.42 Å². The molecule has 2 aromatic carbocycles. The second-order valence-corrected chi connectivity index (χ2v) is 9.45. The number of benzene rings is 2. The Hall–Kier alpha value is -2.22. The van der Waals surface area contributed by atoms with Gasteiger partial charge >= 0.3 is 0 Å². The third kappa shape index (κ3) is 4.43. The van der Waals surface area contributed by atoms with Crippen molar-refractivity contribution in [3.05, 3.63) is 58.7 Å². The fraction of sp³-hybridized carbons (Fsp3) is 0.381. The summed E-state index contributed by atoms with van der Waals surface area (Å²) in [5.74, 6) is -0.307. The molecule has 0 bridgehead atoms. The van der Waals surface area contributed by atoms with Crippen molar-refractivity contribution in [3.63, 3.8) is 0 Å². The van der Waals surface area contributed by atoms with Crippen molar-refractivity contribution >= 4 is 21.6 Å². The van der Waals surface area contributed by atoms with Crippen LogP contribution in [0.1, 0.15) is 27.0 Å². The van der Waals surface area contributed by atoms with E-state index in [9.17, 15) is 13.2 Å². The van der Waals surface area contributed by atoms with Gasteiger partial charge in [-0.05, 0) is 68.8 Å². The number of rotatable bonds is 4. The van der Waals surface area contributed by atoms with E-state index < -0.39 is 10.0 Å². The number of anilines is 1. The molecule has 1 aliphatic heterocycles. The van der Waals surface area contributed by atoms with Crippen molar-refractivity contribution in [2.45, 2.75) is 25.7 Å². The highest BCUT2D eigenvalue weighted by Crippen LogP contribution is 2.22. The molecule has 0 radical (unpaired) electrons. The van der Waals surface area contributed by atoms with Gasteiger partial charge in [-0.15, -0.1) is 0 Å². The molecule has 3 rings (SSSR count). The summed E-state index contributed by atoms with van der Waals surface area (Å²) >= 11 is 0. The lowest BCUT2D eigenvalue weighted by atomic mass is 10.1. The summed E-state index contributed by atoms with van der Waals surface area (Å²) in [4.78, 5) is 15.1. The molecular formula is C21H27N3O3S. The van der Waals surface area contributed by atoms with E-state index in [1.807, 2.05) is 46.0 Å². The zero-order valence-corrected chi connectivity index (χ0v) is 17.6. The van der Waals surface area contributed by atoms with Gasteiger partial charge in [0, 0.05) is 37.4 Å². The Morgan fingerprint density at radius 1 is 0.929 bits per heavy atom. The average molecular weight is 402 g/mol. The number of piperazine rings is 1. The molecule has 0 spiro atoms. The predicted molar refractivity (Wildman–Crippen MR) is 111 cm³/mol. The van der Waals surface area contributed by atoms with E-state index in [0.29, 0.717) is 37.4 Å². The van der Waals surface area contributed by atoms with E-state index >= 15 is 0 Å². The zero-order valence-electron chi connectivity index (χ0n) is 16.8. The summed E-state index contributed by atoms with van der Waals surface area (Å²) in [5.41, 5.74) is 3.92. The fourth-order valence-electron chi connectivity index (χ4n) is 3.43. The summed E-state index contributed by atoms with van der Waals surface area (Å²) in [5, 5.41) is 2.89. The Morgan fingerprint density at radius 3 is 2.14 bits per heavy atom. The van der Waals surface area contributed by atoms with Crippen molar-refractivity contribution in [2.75, 3.05) is 38.5 Å². The first kappa shape index (κ1) is 20.5. The lowest BCUT2D eigenvalue weighted by Crippen LogP contribution is -2.47. The SMILES string of the molecule is Cc1cc(C)cc(NC(=O)c2cc(S(=O)(=O)N3CCN(C)CC3)ccc2C)c1. The van der Waals surface area contributed by atoms with Gasteiger partial charge in [0.25, 0.3) is 5.91 Å². The zero-order chi connectivity index (χ0) is 20.5. The van der Waals surface area contributed by atoms with Gasteiger partial charge < -0.3 is 10.2 Å². The highest BCUT2D eigenvalue weighted by molar-refractivity contribution is 7.89. The number of amides is 1. The molecule has 0 atom stereocenters. The molecule has 6 nitrogen and oxygen atoms in total. The van der Waals surface area contributed by atoms with Crippen molar-refractivity contribution in [1.82, 2.24) is 9.21 Å². The standard InChI is InChI=1S/C21H27N3O3S/c1-15-11-16(2)13-18(12-15)22-21(25)20-14-19(6-5-17(20)3)28(26,27)24-9-7-23(4)8-10-24/h5-6,11-14H,7-10H2,1-4H3,(H,22,25). The molecule has 0 aliphatic carbocycles. The number of hydrogen-bond donors (Lipinski definition) is 1. The van der Waals surface area contributed by atoms with Crippen molar-refractivity contribution in [2.24, 2.45) is 0 Å². The molecule has 1 heterocycles. The van der Waals surface area contributed by atoms with E-state index in [-0.39, 0.29) is 10.8 Å². The largest absolute Gasteiger partial charge is 0.322 e. The molecule has 28 heavy (non-hydrogen) atoms. The Morgan fingerprint density at radius 2 is 1.54 bits per heavy atom. The molecule has 0 aromatic heterocycles. The van der Waals surface area contributed by atoms with Crippen LogP contribution in [0.2, 0.25) is 0 Å². The minimum Gasteiger partial charge on any atom is -0.322 e. The third-order valence-corrected chi connectivity index (χ3v) is 6.93. The number of aryl methyl sites for hydroxylation is 3. The summed E-state index contributed by atoms with van der Waals surface area (Å²) in [6.45, 7) is 8.06. The van der Waals surface area contributed by atoms with E-state index in [2.05, 4.69) is 10.2 Å². The Balaban J connectivity index is 1.87. The Kier molecular flexibility index (Phi) is 5.88. The van der Waals surface area contributed by atoms with Crippen LogP contribution in [0.15, 0.2) is 41.3 Å². The molecule has 0 unspecified atom stereocenters. The molecular weight excluding hydrogens is 374 g/mol. The van der Waals surface area contributed by atoms with Gasteiger partial charge in [0.1, 0.15) is 0 Å².